The van der Waals surface area contributed by atoms with E-state index in [2.05, 4.69) is 29.0 Å². The monoisotopic (exact) mass is 784 g/mol. The smallest absolute Gasteiger partial charge is 0.335 e. The Morgan fingerprint density at radius 1 is 0.643 bits per heavy atom. The van der Waals surface area contributed by atoms with Crippen molar-refractivity contribution in [2.45, 2.75) is 75.4 Å². The minimum absolute atomic E-state index is 0. The van der Waals surface area contributed by atoms with Crippen LogP contribution < -0.4 is 11.1 Å². The molecule has 4 N–H and O–H groups in total. The maximum atomic E-state index is 13.6. The third-order valence-corrected chi connectivity index (χ3v) is 10.0. The number of nitrogens with two attached hydrogens (primary N) is 1. The molecule has 4 aromatic carbocycles. The summed E-state index contributed by atoms with van der Waals surface area (Å²) in [6, 6.07) is 25.8. The van der Waals surface area contributed by atoms with Gasteiger partial charge in [0.15, 0.2) is 0 Å². The van der Waals surface area contributed by atoms with E-state index in [1.54, 1.807) is 87.0 Å². The van der Waals surface area contributed by atoms with Crippen molar-refractivity contribution in [2.75, 3.05) is 27.3 Å². The first kappa shape index (κ1) is 45.4. The number of carboxylic acid groups (broad SMARTS) is 1. The van der Waals surface area contributed by atoms with Gasteiger partial charge in [0.1, 0.15) is 11.6 Å². The molecular formula is C46H51ClF2N2O5. The van der Waals surface area contributed by atoms with Gasteiger partial charge in [0.05, 0.1) is 27.9 Å². The van der Waals surface area contributed by atoms with Gasteiger partial charge in [-0.25, -0.2) is 13.6 Å². The fourth-order valence-electron chi connectivity index (χ4n) is 6.49. The third-order valence-electron chi connectivity index (χ3n) is 10.0. The van der Waals surface area contributed by atoms with Gasteiger partial charge < -0.3 is 25.6 Å². The molecule has 2 aliphatic carbocycles. The van der Waals surface area contributed by atoms with E-state index in [1.165, 1.54) is 49.9 Å². The molecule has 0 heterocycles. The predicted molar refractivity (Wildman–Crippen MR) is 219 cm³/mol. The van der Waals surface area contributed by atoms with Crippen LogP contribution in [-0.4, -0.2) is 55.5 Å². The number of methoxy groups -OCH3 is 2. The van der Waals surface area contributed by atoms with E-state index >= 15 is 0 Å². The number of amides is 1. The zero-order valence-corrected chi connectivity index (χ0v) is 32.9. The van der Waals surface area contributed by atoms with Gasteiger partial charge in [0.25, 0.3) is 5.91 Å². The molecule has 0 radical (unpaired) electrons. The van der Waals surface area contributed by atoms with E-state index in [-0.39, 0.29) is 46.7 Å². The van der Waals surface area contributed by atoms with E-state index in [1.807, 2.05) is 0 Å². The van der Waals surface area contributed by atoms with Crippen LogP contribution in [0, 0.1) is 35.3 Å². The van der Waals surface area contributed by atoms with E-state index in [9.17, 15) is 18.4 Å². The number of benzene rings is 4. The molecule has 2 saturated carbocycles. The van der Waals surface area contributed by atoms with Gasteiger partial charge >= 0.3 is 5.97 Å². The number of rotatable bonds is 7. The molecule has 296 valence electrons. The molecule has 2 aliphatic rings. The Morgan fingerprint density at radius 3 is 1.43 bits per heavy atom. The maximum Gasteiger partial charge on any atom is 0.335 e. The predicted octanol–water partition coefficient (Wildman–Crippen LogP) is 8.94. The summed E-state index contributed by atoms with van der Waals surface area (Å²) in [5.41, 5.74) is 8.26. The molecule has 0 saturated heterocycles. The standard InChI is InChI=1S/C23H24FNO2.C15H9FO2.C8H17NO.ClH/c1-27-23(15-5-2-6-16-23)17-25-22(26)20-13-10-18(11-14-20)9-12-19-7-3-4-8-21(19)24;16-14-4-2-1-3-12(14)8-5-11-6-9-13(10-7-11)15(17)18;1-10-8(7-9)5-3-2-4-6-8;/h3-4,7-8,10-11,13-14H,2,5-6,15-17H2,1H3,(H,25,26);1-4,6-7,9-10H,(H,17,18);2-7,9H2,1H3;1H. The Balaban J connectivity index is 0.000000249. The first-order valence-corrected chi connectivity index (χ1v) is 18.7. The second-order valence-electron chi connectivity index (χ2n) is 13.7. The van der Waals surface area contributed by atoms with E-state index < -0.39 is 5.97 Å². The highest BCUT2D eigenvalue weighted by Gasteiger charge is 2.32. The van der Waals surface area contributed by atoms with Crippen LogP contribution >= 0.6 is 12.4 Å². The van der Waals surface area contributed by atoms with E-state index in [0.29, 0.717) is 35.3 Å². The van der Waals surface area contributed by atoms with Crippen molar-refractivity contribution < 1.29 is 33.0 Å². The second kappa shape index (κ2) is 23.1. The fraction of sp³-hybridized carbons (Fsp3) is 0.348. The second-order valence-corrected chi connectivity index (χ2v) is 13.7. The molecule has 0 atom stereocenters. The van der Waals surface area contributed by atoms with E-state index in [0.717, 1.165) is 44.1 Å². The number of hydrogen-bond acceptors (Lipinski definition) is 5. The van der Waals surface area contributed by atoms with Gasteiger partial charge in [-0.15, -0.1) is 12.4 Å². The van der Waals surface area contributed by atoms with Gasteiger partial charge in [0.2, 0.25) is 0 Å². The number of aromatic carboxylic acids is 1. The van der Waals surface area contributed by atoms with Crippen LogP contribution in [0.3, 0.4) is 0 Å². The number of carbonyl (C=O) groups is 2. The Labute approximate surface area is 335 Å². The number of hydrogen-bond donors (Lipinski definition) is 3. The third kappa shape index (κ3) is 13.9. The topological polar surface area (TPSA) is 111 Å². The average molecular weight is 785 g/mol. The number of nitrogens with one attached hydrogen (secondary N) is 1. The van der Waals surface area contributed by atoms with Gasteiger partial charge in [0, 0.05) is 44.0 Å². The summed E-state index contributed by atoms with van der Waals surface area (Å²) in [4.78, 5) is 23.1. The van der Waals surface area contributed by atoms with Gasteiger partial charge in [-0.3, -0.25) is 4.79 Å². The SMILES string of the molecule is COC1(CN)CCCCC1.COC1(CNC(=O)c2ccc(C#Cc3ccccc3F)cc2)CCCCC1.Cl.O=C(O)c1ccc(C#Cc2ccccc2F)cc1. The summed E-state index contributed by atoms with van der Waals surface area (Å²) in [7, 11) is 3.50. The molecule has 2 fully saturated rings. The van der Waals surface area contributed by atoms with Crippen molar-refractivity contribution in [1.29, 1.82) is 0 Å². The Kier molecular flexibility index (Phi) is 18.7. The fourth-order valence-corrected chi connectivity index (χ4v) is 6.49. The average Bonchev–Trinajstić information content (AvgIpc) is 3.23. The zero-order valence-electron chi connectivity index (χ0n) is 32.0. The highest BCUT2D eigenvalue weighted by atomic mass is 35.5. The molecular weight excluding hydrogens is 734 g/mol. The summed E-state index contributed by atoms with van der Waals surface area (Å²) in [6.07, 6.45) is 11.7. The lowest BCUT2D eigenvalue weighted by Crippen LogP contribution is -2.45. The molecule has 6 rings (SSSR count). The number of ether oxygens (including phenoxy) is 2. The molecule has 1 amide bonds. The van der Waals surface area contributed by atoms with Crippen molar-refractivity contribution in [1.82, 2.24) is 5.32 Å². The van der Waals surface area contributed by atoms with E-state index in [4.69, 9.17) is 20.3 Å². The summed E-state index contributed by atoms with van der Waals surface area (Å²) < 4.78 is 38.0. The van der Waals surface area contributed by atoms with Gasteiger partial charge in [-0.1, -0.05) is 86.5 Å². The minimum atomic E-state index is -0.983. The summed E-state index contributed by atoms with van der Waals surface area (Å²) in [6.45, 7) is 1.21. The quantitative estimate of drug-likeness (QED) is 0.162. The molecule has 0 aliphatic heterocycles. The van der Waals surface area contributed by atoms with Crippen molar-refractivity contribution >= 4 is 24.3 Å². The largest absolute Gasteiger partial charge is 0.478 e. The normalized spacial score (nSPS) is 14.9. The summed E-state index contributed by atoms with van der Waals surface area (Å²) in [5.74, 6) is 9.42. The highest BCUT2D eigenvalue weighted by molar-refractivity contribution is 5.94. The molecule has 4 aromatic rings. The molecule has 0 spiro atoms. The number of carboxylic acids is 1. The lowest BCUT2D eigenvalue weighted by atomic mass is 9.84. The lowest BCUT2D eigenvalue weighted by Gasteiger charge is -2.36. The molecule has 0 bridgehead atoms. The zero-order chi connectivity index (χ0) is 39.5. The van der Waals surface area contributed by atoms with Crippen LogP contribution in [0.15, 0.2) is 97.1 Å². The van der Waals surface area contributed by atoms with Crippen LogP contribution in [0.25, 0.3) is 0 Å². The van der Waals surface area contributed by atoms with Crippen LogP contribution in [0.1, 0.15) is 107 Å². The molecule has 10 heteroatoms. The van der Waals surface area contributed by atoms with Crippen LogP contribution in [0.2, 0.25) is 0 Å². The lowest BCUT2D eigenvalue weighted by molar-refractivity contribution is -0.0364. The van der Waals surface area contributed by atoms with Gasteiger partial charge in [-0.2, -0.15) is 0 Å². The number of halogens is 3. The Morgan fingerprint density at radius 2 is 1.05 bits per heavy atom. The molecule has 0 unspecified atom stereocenters. The summed E-state index contributed by atoms with van der Waals surface area (Å²) >= 11 is 0. The molecule has 7 nitrogen and oxygen atoms in total. The maximum absolute atomic E-state index is 13.6. The van der Waals surface area contributed by atoms with Crippen LogP contribution in [0.4, 0.5) is 8.78 Å². The van der Waals surface area contributed by atoms with Crippen molar-refractivity contribution in [2.24, 2.45) is 5.73 Å². The Hall–Kier alpha value is -5.03. The molecule has 0 aromatic heterocycles. The van der Waals surface area contributed by atoms with Crippen LogP contribution in [0.5, 0.6) is 0 Å². The molecule has 56 heavy (non-hydrogen) atoms. The van der Waals surface area contributed by atoms with Crippen molar-refractivity contribution in [3.05, 3.63) is 142 Å². The first-order chi connectivity index (χ1) is 26.6. The Bertz CT molecular complexity index is 1960. The van der Waals surface area contributed by atoms with Crippen molar-refractivity contribution in [3.63, 3.8) is 0 Å². The van der Waals surface area contributed by atoms with Crippen molar-refractivity contribution in [3.8, 4) is 23.7 Å². The minimum Gasteiger partial charge on any atom is -0.478 e. The summed E-state index contributed by atoms with van der Waals surface area (Å²) in [5, 5.41) is 11.7. The number of carbonyl (C=O) groups excluding carboxylic acids is 1. The first-order valence-electron chi connectivity index (χ1n) is 18.7. The van der Waals surface area contributed by atoms with Gasteiger partial charge in [-0.05, 0) is 98.5 Å². The highest BCUT2D eigenvalue weighted by Crippen LogP contribution is 2.31. The van der Waals surface area contributed by atoms with Crippen LogP contribution in [-0.2, 0) is 9.47 Å².